The van der Waals surface area contributed by atoms with Crippen LogP contribution in [0.1, 0.15) is 5.56 Å². The van der Waals surface area contributed by atoms with Crippen LogP contribution in [-0.4, -0.2) is 20.7 Å². The van der Waals surface area contributed by atoms with Crippen LogP contribution in [0.2, 0.25) is 0 Å². The first-order valence-electron chi connectivity index (χ1n) is 4.42. The Bertz CT molecular complexity index is 459. The molecule has 0 aromatic carbocycles. The van der Waals surface area contributed by atoms with Crippen LogP contribution in [0.25, 0.3) is 0 Å². The van der Waals surface area contributed by atoms with Crippen molar-refractivity contribution in [1.29, 1.82) is 0 Å². The minimum Gasteiger partial charge on any atom is -0.328 e. The zero-order valence-electron chi connectivity index (χ0n) is 7.46. The van der Waals surface area contributed by atoms with E-state index in [0.717, 1.165) is 23.8 Å². The molecule has 1 aromatic rings. The predicted molar refractivity (Wildman–Crippen MR) is 53.0 cm³/mol. The Morgan fingerprint density at radius 3 is 3.29 bits per heavy atom. The lowest BCUT2D eigenvalue weighted by Gasteiger charge is -2.26. The lowest BCUT2D eigenvalue weighted by molar-refractivity contribution is 0.540. The van der Waals surface area contributed by atoms with Gasteiger partial charge in [-0.25, -0.2) is 15.0 Å². The largest absolute Gasteiger partial charge is 0.328 e. The molecule has 0 amide bonds. The molecule has 0 unspecified atom stereocenters. The van der Waals surface area contributed by atoms with Gasteiger partial charge in [-0.15, -0.1) is 0 Å². The summed E-state index contributed by atoms with van der Waals surface area (Å²) in [5, 5.41) is 0. The number of rotatable bonds is 0. The van der Waals surface area contributed by atoms with Crippen LogP contribution in [0.4, 0.5) is 5.82 Å². The van der Waals surface area contributed by atoms with Crippen molar-refractivity contribution >= 4 is 11.7 Å². The minimum absolute atomic E-state index is 0.784. The van der Waals surface area contributed by atoms with E-state index in [2.05, 4.69) is 19.9 Å². The molecule has 3 rings (SSSR count). The average Bonchev–Trinajstić information content (AvgIpc) is 2.26. The van der Waals surface area contributed by atoms with Gasteiger partial charge < -0.3 is 4.90 Å². The molecule has 14 heavy (non-hydrogen) atoms. The molecular formula is C10H8N4. The standard InChI is InChI=1S/C10H8N4/c1-2-4-14-6-8-5-11-7-12-10(8)13-9(14)3-1/h1-5,7H,6H2. The Labute approximate surface area is 81.3 Å². The van der Waals surface area contributed by atoms with Crippen LogP contribution < -0.4 is 0 Å². The number of hydrogen-bond acceptors (Lipinski definition) is 4. The molecule has 0 saturated heterocycles. The number of allylic oxidation sites excluding steroid dienone is 2. The third-order valence-electron chi connectivity index (χ3n) is 2.24. The van der Waals surface area contributed by atoms with Gasteiger partial charge in [0.05, 0.1) is 6.54 Å². The van der Waals surface area contributed by atoms with Crippen LogP contribution >= 0.6 is 0 Å². The van der Waals surface area contributed by atoms with E-state index in [1.807, 2.05) is 30.6 Å². The molecule has 0 radical (unpaired) electrons. The smallest absolute Gasteiger partial charge is 0.162 e. The van der Waals surface area contributed by atoms with Crippen LogP contribution in [0, 0.1) is 0 Å². The zero-order valence-corrected chi connectivity index (χ0v) is 7.46. The summed E-state index contributed by atoms with van der Waals surface area (Å²) in [5.74, 6) is 1.73. The molecule has 68 valence electrons. The highest BCUT2D eigenvalue weighted by atomic mass is 15.2. The van der Waals surface area contributed by atoms with E-state index in [9.17, 15) is 0 Å². The first kappa shape index (κ1) is 7.44. The van der Waals surface area contributed by atoms with Crippen LogP contribution in [0.5, 0.6) is 0 Å². The number of fused-ring (bicyclic) bond motifs is 2. The molecule has 0 aliphatic carbocycles. The summed E-state index contributed by atoms with van der Waals surface area (Å²) in [6.45, 7) is 0.801. The number of hydrogen-bond donors (Lipinski definition) is 0. The van der Waals surface area contributed by atoms with Gasteiger partial charge in [0.2, 0.25) is 0 Å². The zero-order chi connectivity index (χ0) is 9.38. The molecule has 0 saturated carbocycles. The van der Waals surface area contributed by atoms with E-state index in [-0.39, 0.29) is 0 Å². The van der Waals surface area contributed by atoms with Gasteiger partial charge >= 0.3 is 0 Å². The maximum Gasteiger partial charge on any atom is 0.162 e. The first-order chi connectivity index (χ1) is 6.93. The van der Waals surface area contributed by atoms with Crippen molar-refractivity contribution in [2.75, 3.05) is 0 Å². The number of nitrogens with zero attached hydrogens (tertiary/aromatic N) is 4. The molecule has 3 heterocycles. The normalized spacial score (nSPS) is 17.4. The van der Waals surface area contributed by atoms with Gasteiger partial charge in [0.15, 0.2) is 5.82 Å². The van der Waals surface area contributed by atoms with Gasteiger partial charge in [0, 0.05) is 18.0 Å². The van der Waals surface area contributed by atoms with Crippen molar-refractivity contribution in [3.8, 4) is 0 Å². The first-order valence-corrected chi connectivity index (χ1v) is 4.42. The third kappa shape index (κ3) is 1.04. The van der Waals surface area contributed by atoms with E-state index in [4.69, 9.17) is 0 Å². The average molecular weight is 184 g/mol. The molecule has 0 spiro atoms. The highest BCUT2D eigenvalue weighted by molar-refractivity contribution is 5.97. The monoisotopic (exact) mass is 184 g/mol. The second-order valence-corrected chi connectivity index (χ2v) is 3.17. The summed E-state index contributed by atoms with van der Waals surface area (Å²) in [4.78, 5) is 14.6. The Morgan fingerprint density at radius 2 is 2.29 bits per heavy atom. The Hall–Kier alpha value is -1.97. The van der Waals surface area contributed by atoms with Crippen molar-refractivity contribution in [1.82, 2.24) is 14.9 Å². The minimum atomic E-state index is 0.784. The van der Waals surface area contributed by atoms with Crippen LogP contribution in [0.3, 0.4) is 0 Å². The summed E-state index contributed by atoms with van der Waals surface area (Å²) in [6, 6.07) is 0. The molecule has 4 heteroatoms. The summed E-state index contributed by atoms with van der Waals surface area (Å²) in [5.41, 5.74) is 1.07. The van der Waals surface area contributed by atoms with E-state index in [1.54, 1.807) is 0 Å². The van der Waals surface area contributed by atoms with Gasteiger partial charge in [0.25, 0.3) is 0 Å². The Balaban J connectivity index is 2.13. The van der Waals surface area contributed by atoms with Gasteiger partial charge in [0.1, 0.15) is 12.2 Å². The number of amidine groups is 1. The quantitative estimate of drug-likeness (QED) is 0.612. The van der Waals surface area contributed by atoms with Crippen molar-refractivity contribution in [3.05, 3.63) is 42.5 Å². The highest BCUT2D eigenvalue weighted by Crippen LogP contribution is 2.24. The lowest BCUT2D eigenvalue weighted by atomic mass is 10.2. The summed E-state index contributed by atoms with van der Waals surface area (Å²) >= 11 is 0. The predicted octanol–water partition coefficient (Wildman–Crippen LogP) is 1.41. The fraction of sp³-hybridized carbons (Fsp3) is 0.100. The van der Waals surface area contributed by atoms with E-state index in [0.29, 0.717) is 0 Å². The Morgan fingerprint density at radius 1 is 1.29 bits per heavy atom. The maximum atomic E-state index is 4.42. The summed E-state index contributed by atoms with van der Waals surface area (Å²) < 4.78 is 0. The van der Waals surface area contributed by atoms with Crippen molar-refractivity contribution in [3.63, 3.8) is 0 Å². The number of aromatic nitrogens is 2. The van der Waals surface area contributed by atoms with Gasteiger partial charge in [-0.1, -0.05) is 6.08 Å². The van der Waals surface area contributed by atoms with Crippen molar-refractivity contribution in [2.24, 2.45) is 4.99 Å². The molecular weight excluding hydrogens is 176 g/mol. The number of aliphatic imine (C=N–C) groups is 1. The molecule has 0 bridgehead atoms. The van der Waals surface area contributed by atoms with Crippen molar-refractivity contribution in [2.45, 2.75) is 6.54 Å². The molecule has 0 N–H and O–H groups in total. The van der Waals surface area contributed by atoms with Gasteiger partial charge in [-0.2, -0.15) is 0 Å². The summed E-state index contributed by atoms with van der Waals surface area (Å²) in [7, 11) is 0. The van der Waals surface area contributed by atoms with Gasteiger partial charge in [-0.05, 0) is 12.2 Å². The Kier molecular flexibility index (Phi) is 1.47. The molecule has 0 atom stereocenters. The van der Waals surface area contributed by atoms with E-state index < -0.39 is 0 Å². The van der Waals surface area contributed by atoms with Gasteiger partial charge in [-0.3, -0.25) is 0 Å². The van der Waals surface area contributed by atoms with Crippen LogP contribution in [-0.2, 0) is 6.54 Å². The molecule has 2 aliphatic rings. The fourth-order valence-electron chi connectivity index (χ4n) is 1.56. The van der Waals surface area contributed by atoms with Crippen LogP contribution in [0.15, 0.2) is 41.9 Å². The highest BCUT2D eigenvalue weighted by Gasteiger charge is 2.17. The third-order valence-corrected chi connectivity index (χ3v) is 2.24. The summed E-state index contributed by atoms with van der Waals surface area (Å²) in [6.07, 6.45) is 11.3. The molecule has 0 fully saturated rings. The maximum absolute atomic E-state index is 4.42. The lowest BCUT2D eigenvalue weighted by Crippen LogP contribution is -2.27. The molecule has 2 aliphatic heterocycles. The topological polar surface area (TPSA) is 41.4 Å². The second kappa shape index (κ2) is 2.77. The molecule has 4 nitrogen and oxygen atoms in total. The molecule has 1 aromatic heterocycles. The SMILES string of the molecule is C1=CC2=Nc3ncncc3CN2C=C1. The van der Waals surface area contributed by atoms with E-state index >= 15 is 0 Å². The van der Waals surface area contributed by atoms with E-state index in [1.165, 1.54) is 6.33 Å². The second-order valence-electron chi connectivity index (χ2n) is 3.17. The fourth-order valence-corrected chi connectivity index (χ4v) is 1.56. The van der Waals surface area contributed by atoms with Crippen molar-refractivity contribution < 1.29 is 0 Å².